The summed E-state index contributed by atoms with van der Waals surface area (Å²) in [5.41, 5.74) is 5.44. The van der Waals surface area contributed by atoms with Crippen molar-refractivity contribution < 1.29 is 23.1 Å². The first-order valence-electron chi connectivity index (χ1n) is 4.34. The third-order valence-electron chi connectivity index (χ3n) is 1.79. The number of carbonyl (C=O) groups is 1. The Morgan fingerprint density at radius 1 is 1.62 bits per heavy atom. The molecule has 0 aliphatic rings. The first kappa shape index (κ1) is 12.5. The molecule has 0 radical (unpaired) electrons. The molecule has 0 unspecified atom stereocenters. The van der Waals surface area contributed by atoms with Crippen molar-refractivity contribution >= 4 is 5.97 Å². The van der Waals surface area contributed by atoms with Gasteiger partial charge in [0, 0.05) is 12.6 Å². The Morgan fingerprint density at radius 3 is 2.75 bits per heavy atom. The first-order chi connectivity index (χ1) is 7.28. The van der Waals surface area contributed by atoms with Crippen LogP contribution >= 0.6 is 0 Å². The molecule has 8 heteroatoms. The maximum atomic E-state index is 12.0. The number of aliphatic carboxylic acids is 1. The molecule has 0 saturated heterocycles. The molecule has 0 bridgehead atoms. The summed E-state index contributed by atoms with van der Waals surface area (Å²) in [6.45, 7) is -1.15. The van der Waals surface area contributed by atoms with Gasteiger partial charge in [0.2, 0.25) is 0 Å². The molecular weight excluding hydrogens is 227 g/mol. The van der Waals surface area contributed by atoms with Crippen molar-refractivity contribution in [3.63, 3.8) is 0 Å². The summed E-state index contributed by atoms with van der Waals surface area (Å²) in [7, 11) is 0. The van der Waals surface area contributed by atoms with Gasteiger partial charge in [-0.2, -0.15) is 13.2 Å². The van der Waals surface area contributed by atoms with E-state index in [-0.39, 0.29) is 12.1 Å². The van der Waals surface area contributed by atoms with Crippen LogP contribution in [0, 0.1) is 0 Å². The summed E-state index contributed by atoms with van der Waals surface area (Å²) in [5, 5.41) is 8.50. The van der Waals surface area contributed by atoms with Crippen LogP contribution < -0.4 is 5.73 Å². The number of imidazole rings is 1. The van der Waals surface area contributed by atoms with E-state index in [0.29, 0.717) is 0 Å². The first-order valence-corrected chi connectivity index (χ1v) is 4.34. The molecule has 0 amide bonds. The van der Waals surface area contributed by atoms with Crippen LogP contribution in [0.15, 0.2) is 12.5 Å². The van der Waals surface area contributed by atoms with Crippen LogP contribution in [0.2, 0.25) is 0 Å². The Morgan fingerprint density at radius 2 is 2.25 bits per heavy atom. The highest BCUT2D eigenvalue weighted by Gasteiger charge is 2.28. The SMILES string of the molecule is N[C@H](Cc1cn(CC(F)(F)F)cn1)C(=O)O. The number of carboxylic acids is 1. The highest BCUT2D eigenvalue weighted by molar-refractivity contribution is 5.73. The molecule has 0 spiro atoms. The summed E-state index contributed by atoms with van der Waals surface area (Å²) in [5.74, 6) is -1.22. The van der Waals surface area contributed by atoms with E-state index < -0.39 is 24.7 Å². The van der Waals surface area contributed by atoms with Crippen LogP contribution in [-0.4, -0.2) is 32.8 Å². The average Bonchev–Trinajstić information content (AvgIpc) is 2.49. The number of alkyl halides is 3. The molecule has 16 heavy (non-hydrogen) atoms. The Hall–Kier alpha value is -1.57. The van der Waals surface area contributed by atoms with Crippen molar-refractivity contribution in [2.75, 3.05) is 0 Å². The fraction of sp³-hybridized carbons (Fsp3) is 0.500. The summed E-state index contributed by atoms with van der Waals surface area (Å²) in [4.78, 5) is 14.0. The lowest BCUT2D eigenvalue weighted by Crippen LogP contribution is -2.32. The van der Waals surface area contributed by atoms with Crippen LogP contribution in [0.4, 0.5) is 13.2 Å². The van der Waals surface area contributed by atoms with Gasteiger partial charge in [0.15, 0.2) is 0 Å². The number of nitrogens with zero attached hydrogens (tertiary/aromatic N) is 2. The molecule has 0 aliphatic heterocycles. The summed E-state index contributed by atoms with van der Waals surface area (Å²) >= 11 is 0. The smallest absolute Gasteiger partial charge is 0.406 e. The van der Waals surface area contributed by atoms with E-state index in [2.05, 4.69) is 4.98 Å². The van der Waals surface area contributed by atoms with Gasteiger partial charge in [0.05, 0.1) is 12.0 Å². The molecule has 1 heterocycles. The maximum absolute atomic E-state index is 12.0. The van der Waals surface area contributed by atoms with E-state index in [1.807, 2.05) is 0 Å². The molecule has 0 fully saturated rings. The van der Waals surface area contributed by atoms with Crippen molar-refractivity contribution in [1.29, 1.82) is 0 Å². The van der Waals surface area contributed by atoms with Crippen molar-refractivity contribution in [1.82, 2.24) is 9.55 Å². The van der Waals surface area contributed by atoms with Crippen LogP contribution in [0.5, 0.6) is 0 Å². The summed E-state index contributed by atoms with van der Waals surface area (Å²) in [6.07, 6.45) is -2.29. The molecule has 0 aromatic carbocycles. The Balaban J connectivity index is 2.62. The van der Waals surface area contributed by atoms with E-state index in [9.17, 15) is 18.0 Å². The molecule has 90 valence electrons. The molecule has 3 N–H and O–H groups in total. The van der Waals surface area contributed by atoms with Gasteiger partial charge < -0.3 is 15.4 Å². The van der Waals surface area contributed by atoms with Gasteiger partial charge in [-0.1, -0.05) is 0 Å². The second kappa shape index (κ2) is 4.52. The normalized spacial score (nSPS) is 13.8. The zero-order valence-corrected chi connectivity index (χ0v) is 8.11. The van der Waals surface area contributed by atoms with Crippen LogP contribution in [0.25, 0.3) is 0 Å². The van der Waals surface area contributed by atoms with Crippen molar-refractivity contribution in [2.24, 2.45) is 5.73 Å². The zero-order chi connectivity index (χ0) is 12.3. The predicted molar refractivity (Wildman–Crippen MR) is 47.6 cm³/mol. The van der Waals surface area contributed by atoms with Gasteiger partial charge in [0.1, 0.15) is 12.6 Å². The van der Waals surface area contributed by atoms with Gasteiger partial charge in [-0.3, -0.25) is 4.79 Å². The van der Waals surface area contributed by atoms with Gasteiger partial charge in [-0.15, -0.1) is 0 Å². The lowest BCUT2D eigenvalue weighted by Gasteiger charge is -2.06. The average molecular weight is 237 g/mol. The molecule has 1 rings (SSSR count). The van der Waals surface area contributed by atoms with E-state index in [1.54, 1.807) is 0 Å². The fourth-order valence-corrected chi connectivity index (χ4v) is 1.12. The standard InChI is InChI=1S/C8H10F3N3O2/c9-8(10,11)3-14-2-5(13-4-14)1-6(12)7(15)16/h2,4,6H,1,3,12H2,(H,15,16)/t6-/m1/s1. The molecule has 5 nitrogen and oxygen atoms in total. The van der Waals surface area contributed by atoms with Crippen LogP contribution in [0.3, 0.4) is 0 Å². The number of rotatable bonds is 4. The van der Waals surface area contributed by atoms with Crippen LogP contribution in [0.1, 0.15) is 5.69 Å². The fourth-order valence-electron chi connectivity index (χ4n) is 1.12. The number of halogens is 3. The number of hydrogen-bond donors (Lipinski definition) is 2. The summed E-state index contributed by atoms with van der Waals surface area (Å²) < 4.78 is 36.8. The predicted octanol–water partition coefficient (Wildman–Crippen LogP) is 0.400. The van der Waals surface area contributed by atoms with Crippen molar-refractivity contribution in [3.05, 3.63) is 18.2 Å². The van der Waals surface area contributed by atoms with Gasteiger partial charge in [0.25, 0.3) is 0 Å². The van der Waals surface area contributed by atoms with E-state index in [0.717, 1.165) is 17.1 Å². The van der Waals surface area contributed by atoms with Crippen LogP contribution in [-0.2, 0) is 17.8 Å². The minimum absolute atomic E-state index is 0.0970. The van der Waals surface area contributed by atoms with E-state index in [1.165, 1.54) is 0 Å². The minimum Gasteiger partial charge on any atom is -0.480 e. The second-order valence-corrected chi connectivity index (χ2v) is 3.30. The van der Waals surface area contributed by atoms with E-state index >= 15 is 0 Å². The maximum Gasteiger partial charge on any atom is 0.406 e. The van der Waals surface area contributed by atoms with Crippen molar-refractivity contribution in [2.45, 2.75) is 25.2 Å². The quantitative estimate of drug-likeness (QED) is 0.794. The monoisotopic (exact) mass is 237 g/mol. The number of hydrogen-bond acceptors (Lipinski definition) is 3. The number of carboxylic acid groups (broad SMARTS) is 1. The van der Waals surface area contributed by atoms with Gasteiger partial charge >= 0.3 is 12.1 Å². The second-order valence-electron chi connectivity index (χ2n) is 3.30. The number of nitrogens with two attached hydrogens (primary N) is 1. The van der Waals surface area contributed by atoms with Gasteiger partial charge in [-0.05, 0) is 0 Å². The Kier molecular flexibility index (Phi) is 3.53. The third-order valence-corrected chi connectivity index (χ3v) is 1.79. The molecule has 0 saturated carbocycles. The minimum atomic E-state index is -4.33. The number of aromatic nitrogens is 2. The Labute approximate surface area is 88.7 Å². The molecule has 1 aromatic heterocycles. The summed E-state index contributed by atoms with van der Waals surface area (Å²) in [6, 6.07) is -1.16. The lowest BCUT2D eigenvalue weighted by molar-refractivity contribution is -0.141. The van der Waals surface area contributed by atoms with E-state index in [4.69, 9.17) is 10.8 Å². The topological polar surface area (TPSA) is 81.1 Å². The molecular formula is C8H10F3N3O2. The highest BCUT2D eigenvalue weighted by atomic mass is 19.4. The highest BCUT2D eigenvalue weighted by Crippen LogP contribution is 2.17. The molecule has 1 atom stereocenters. The lowest BCUT2D eigenvalue weighted by atomic mass is 10.2. The molecule has 1 aromatic rings. The van der Waals surface area contributed by atoms with Gasteiger partial charge in [-0.25, -0.2) is 4.98 Å². The largest absolute Gasteiger partial charge is 0.480 e. The zero-order valence-electron chi connectivity index (χ0n) is 8.11. The third kappa shape index (κ3) is 3.89. The molecule has 0 aliphatic carbocycles. The Bertz CT molecular complexity index is 375. The van der Waals surface area contributed by atoms with Crippen molar-refractivity contribution in [3.8, 4) is 0 Å².